The highest BCUT2D eigenvalue weighted by atomic mass is 79.9. The number of halogens is 2. The second kappa shape index (κ2) is 8.17. The summed E-state index contributed by atoms with van der Waals surface area (Å²) in [5.74, 6) is 1.15. The number of hydrogen-bond acceptors (Lipinski definition) is 4. The molecular formula is C18H15BrClN3OS. The number of Topliss-reactive ketones (excluding diaryl/α,β-unsaturated/α-hetero) is 1. The van der Waals surface area contributed by atoms with Gasteiger partial charge in [-0.25, -0.2) is 0 Å². The lowest BCUT2D eigenvalue weighted by molar-refractivity contribution is 0.102. The average molecular weight is 437 g/mol. The molecule has 4 nitrogen and oxygen atoms in total. The molecule has 1 heterocycles. The maximum Gasteiger partial charge on any atom is 0.191 e. The fourth-order valence-corrected chi connectivity index (χ4v) is 3.63. The fourth-order valence-electron chi connectivity index (χ4n) is 2.34. The van der Waals surface area contributed by atoms with Crippen LogP contribution in [-0.4, -0.2) is 26.3 Å². The molecule has 0 amide bonds. The van der Waals surface area contributed by atoms with Gasteiger partial charge in [0.1, 0.15) is 0 Å². The van der Waals surface area contributed by atoms with Gasteiger partial charge in [0.05, 0.1) is 5.75 Å². The number of thioether (sulfide) groups is 1. The van der Waals surface area contributed by atoms with Crippen molar-refractivity contribution in [1.82, 2.24) is 14.8 Å². The third kappa shape index (κ3) is 4.32. The van der Waals surface area contributed by atoms with Gasteiger partial charge >= 0.3 is 0 Å². The first-order valence-electron chi connectivity index (χ1n) is 7.69. The molecule has 3 rings (SSSR count). The number of aromatic nitrogens is 3. The summed E-state index contributed by atoms with van der Waals surface area (Å²) < 4.78 is 3.03. The molecule has 0 radical (unpaired) electrons. The van der Waals surface area contributed by atoms with Gasteiger partial charge in [0.2, 0.25) is 0 Å². The summed E-state index contributed by atoms with van der Waals surface area (Å²) in [6.07, 6.45) is 0. The molecule has 7 heteroatoms. The van der Waals surface area contributed by atoms with Gasteiger partial charge in [-0.3, -0.25) is 4.79 Å². The molecular weight excluding hydrogens is 422 g/mol. The Labute approximate surface area is 163 Å². The summed E-state index contributed by atoms with van der Waals surface area (Å²) in [4.78, 5) is 12.3. The second-order valence-electron chi connectivity index (χ2n) is 5.28. The standard InChI is InChI=1S/C18H15BrClN3OS/c1-2-23-17(13-3-7-14(19)8-4-13)21-22-18(23)25-11-16(24)12-5-9-15(20)10-6-12/h3-10H,2,11H2,1H3. The molecule has 1 aromatic heterocycles. The molecule has 0 unspecified atom stereocenters. The van der Waals surface area contributed by atoms with Gasteiger partial charge in [0.25, 0.3) is 0 Å². The lowest BCUT2D eigenvalue weighted by atomic mass is 10.1. The maximum absolute atomic E-state index is 12.3. The van der Waals surface area contributed by atoms with Crippen LogP contribution < -0.4 is 0 Å². The van der Waals surface area contributed by atoms with Gasteiger partial charge < -0.3 is 4.57 Å². The topological polar surface area (TPSA) is 47.8 Å². The fraction of sp³-hybridized carbons (Fsp3) is 0.167. The van der Waals surface area contributed by atoms with Gasteiger partial charge in [-0.2, -0.15) is 0 Å². The normalized spacial score (nSPS) is 10.8. The molecule has 0 spiro atoms. The van der Waals surface area contributed by atoms with Crippen LogP contribution >= 0.6 is 39.3 Å². The zero-order valence-electron chi connectivity index (χ0n) is 13.4. The van der Waals surface area contributed by atoms with Crippen LogP contribution in [-0.2, 0) is 6.54 Å². The predicted molar refractivity (Wildman–Crippen MR) is 105 cm³/mol. The van der Waals surface area contributed by atoms with Crippen molar-refractivity contribution in [2.24, 2.45) is 0 Å². The maximum atomic E-state index is 12.3. The molecule has 0 N–H and O–H groups in total. The first-order valence-corrected chi connectivity index (χ1v) is 9.85. The van der Waals surface area contributed by atoms with Crippen LogP contribution in [0.1, 0.15) is 17.3 Å². The molecule has 0 saturated carbocycles. The first-order chi connectivity index (χ1) is 12.1. The van der Waals surface area contributed by atoms with Crippen molar-refractivity contribution in [3.8, 4) is 11.4 Å². The van der Waals surface area contributed by atoms with E-state index in [1.54, 1.807) is 24.3 Å². The van der Waals surface area contributed by atoms with Crippen molar-refractivity contribution < 1.29 is 4.79 Å². The Balaban J connectivity index is 1.76. The first kappa shape index (κ1) is 18.2. The van der Waals surface area contributed by atoms with E-state index in [4.69, 9.17) is 11.6 Å². The van der Waals surface area contributed by atoms with Crippen LogP contribution in [0.15, 0.2) is 58.2 Å². The number of hydrogen-bond donors (Lipinski definition) is 0. The zero-order valence-corrected chi connectivity index (χ0v) is 16.6. The van der Waals surface area contributed by atoms with E-state index in [9.17, 15) is 4.79 Å². The Bertz CT molecular complexity index is 878. The minimum absolute atomic E-state index is 0.0394. The third-order valence-corrected chi connectivity index (χ3v) is 5.38. The molecule has 0 aliphatic rings. The molecule has 0 bridgehead atoms. The number of ketones is 1. The molecule has 0 atom stereocenters. The number of carbonyl (C=O) groups is 1. The third-order valence-electron chi connectivity index (χ3n) is 3.63. The summed E-state index contributed by atoms with van der Waals surface area (Å²) in [6, 6.07) is 14.9. The number of nitrogens with zero attached hydrogens (tertiary/aromatic N) is 3. The average Bonchev–Trinajstić information content (AvgIpc) is 3.04. The van der Waals surface area contributed by atoms with Crippen LogP contribution in [0.3, 0.4) is 0 Å². The molecule has 0 fully saturated rings. The summed E-state index contributed by atoms with van der Waals surface area (Å²) in [6.45, 7) is 2.77. The van der Waals surface area contributed by atoms with Crippen LogP contribution in [0.5, 0.6) is 0 Å². The lowest BCUT2D eigenvalue weighted by Crippen LogP contribution is -2.05. The highest BCUT2D eigenvalue weighted by Gasteiger charge is 2.15. The molecule has 128 valence electrons. The zero-order chi connectivity index (χ0) is 17.8. The van der Waals surface area contributed by atoms with Crippen LogP contribution in [0.4, 0.5) is 0 Å². The van der Waals surface area contributed by atoms with Gasteiger partial charge in [0, 0.05) is 27.2 Å². The van der Waals surface area contributed by atoms with Gasteiger partial charge in [-0.15, -0.1) is 10.2 Å². The molecule has 25 heavy (non-hydrogen) atoms. The van der Waals surface area contributed by atoms with Crippen molar-refractivity contribution in [1.29, 1.82) is 0 Å². The second-order valence-corrected chi connectivity index (χ2v) is 7.57. The Hall–Kier alpha value is -1.63. The predicted octanol–water partition coefficient (Wildman–Crippen LogP) is 5.36. The summed E-state index contributed by atoms with van der Waals surface area (Å²) >= 11 is 10.7. The molecule has 0 aliphatic heterocycles. The molecule has 2 aromatic carbocycles. The van der Waals surface area contributed by atoms with E-state index in [1.165, 1.54) is 11.8 Å². The Kier molecular flexibility index (Phi) is 5.93. The minimum atomic E-state index is 0.0394. The van der Waals surface area contributed by atoms with Crippen molar-refractivity contribution in [2.75, 3.05) is 5.75 Å². The van der Waals surface area contributed by atoms with E-state index in [2.05, 4.69) is 26.1 Å². The van der Waals surface area contributed by atoms with E-state index >= 15 is 0 Å². The summed E-state index contributed by atoms with van der Waals surface area (Å²) in [5, 5.41) is 9.91. The lowest BCUT2D eigenvalue weighted by Gasteiger charge is -2.07. The molecule has 0 saturated heterocycles. The van der Waals surface area contributed by atoms with E-state index < -0.39 is 0 Å². The summed E-state index contributed by atoms with van der Waals surface area (Å²) in [5.41, 5.74) is 1.64. The Morgan fingerprint density at radius 2 is 1.80 bits per heavy atom. The van der Waals surface area contributed by atoms with Crippen molar-refractivity contribution in [3.63, 3.8) is 0 Å². The van der Waals surface area contributed by atoms with Crippen molar-refractivity contribution >= 4 is 45.1 Å². The SMILES string of the molecule is CCn1c(SCC(=O)c2ccc(Cl)cc2)nnc1-c1ccc(Br)cc1. The van der Waals surface area contributed by atoms with E-state index in [0.717, 1.165) is 27.6 Å². The van der Waals surface area contributed by atoms with Crippen LogP contribution in [0.25, 0.3) is 11.4 Å². The van der Waals surface area contributed by atoms with Crippen molar-refractivity contribution in [3.05, 3.63) is 63.6 Å². The number of benzene rings is 2. The van der Waals surface area contributed by atoms with E-state index in [1.807, 2.05) is 35.8 Å². The minimum Gasteiger partial charge on any atom is -0.302 e. The number of carbonyl (C=O) groups excluding carboxylic acids is 1. The van der Waals surface area contributed by atoms with Crippen LogP contribution in [0.2, 0.25) is 5.02 Å². The Morgan fingerprint density at radius 3 is 2.44 bits per heavy atom. The highest BCUT2D eigenvalue weighted by Crippen LogP contribution is 2.25. The van der Waals surface area contributed by atoms with Gasteiger partial charge in [-0.1, -0.05) is 51.4 Å². The summed E-state index contributed by atoms with van der Waals surface area (Å²) in [7, 11) is 0. The number of rotatable bonds is 6. The molecule has 3 aromatic rings. The quantitative estimate of drug-likeness (QED) is 0.386. The van der Waals surface area contributed by atoms with Crippen molar-refractivity contribution in [2.45, 2.75) is 18.6 Å². The largest absolute Gasteiger partial charge is 0.302 e. The van der Waals surface area contributed by atoms with Gasteiger partial charge in [-0.05, 0) is 43.3 Å². The van der Waals surface area contributed by atoms with E-state index in [-0.39, 0.29) is 5.78 Å². The highest BCUT2D eigenvalue weighted by molar-refractivity contribution is 9.10. The smallest absolute Gasteiger partial charge is 0.191 e. The van der Waals surface area contributed by atoms with Gasteiger partial charge in [0.15, 0.2) is 16.8 Å². The Morgan fingerprint density at radius 1 is 1.12 bits per heavy atom. The monoisotopic (exact) mass is 435 g/mol. The van der Waals surface area contributed by atoms with E-state index in [0.29, 0.717) is 16.3 Å². The van der Waals surface area contributed by atoms with Crippen LogP contribution in [0, 0.1) is 0 Å². The molecule has 0 aliphatic carbocycles.